The molecule has 1 aromatic rings. The summed E-state index contributed by atoms with van der Waals surface area (Å²) in [6.45, 7) is 2.91. The van der Waals surface area contributed by atoms with Crippen LogP contribution in [-0.2, 0) is 9.59 Å². The SMILES string of the molecule is CN(C)CCCN1CC(C(=O)NCC2COc3ccccc3O2)CC1=O. The Bertz CT molecular complexity index is 649. The molecule has 1 fully saturated rings. The first-order chi connectivity index (χ1) is 12.5. The number of hydrogen-bond donors (Lipinski definition) is 1. The van der Waals surface area contributed by atoms with Crippen molar-refractivity contribution in [1.82, 2.24) is 15.1 Å². The number of fused-ring (bicyclic) bond motifs is 1. The van der Waals surface area contributed by atoms with Crippen LogP contribution < -0.4 is 14.8 Å². The maximum atomic E-state index is 12.4. The molecular weight excluding hydrogens is 334 g/mol. The monoisotopic (exact) mass is 361 g/mol. The minimum absolute atomic E-state index is 0.0649. The second-order valence-electron chi connectivity index (χ2n) is 7.14. The Morgan fingerprint density at radius 3 is 2.85 bits per heavy atom. The summed E-state index contributed by atoms with van der Waals surface area (Å²) in [5, 5.41) is 2.91. The Morgan fingerprint density at radius 2 is 2.08 bits per heavy atom. The molecule has 0 aromatic heterocycles. The number of nitrogens with zero attached hydrogens (tertiary/aromatic N) is 2. The molecule has 3 rings (SSSR count). The van der Waals surface area contributed by atoms with E-state index in [9.17, 15) is 9.59 Å². The third-order valence-electron chi connectivity index (χ3n) is 4.69. The minimum Gasteiger partial charge on any atom is -0.486 e. The van der Waals surface area contributed by atoms with Gasteiger partial charge < -0.3 is 24.6 Å². The summed E-state index contributed by atoms with van der Waals surface area (Å²) in [6.07, 6.45) is 0.987. The smallest absolute Gasteiger partial charge is 0.225 e. The van der Waals surface area contributed by atoms with Gasteiger partial charge in [0.25, 0.3) is 0 Å². The summed E-state index contributed by atoms with van der Waals surface area (Å²) in [6, 6.07) is 7.49. The largest absolute Gasteiger partial charge is 0.486 e. The van der Waals surface area contributed by atoms with Crippen LogP contribution >= 0.6 is 0 Å². The van der Waals surface area contributed by atoms with Crippen LogP contribution in [0.4, 0.5) is 0 Å². The average molecular weight is 361 g/mol. The van der Waals surface area contributed by atoms with Gasteiger partial charge in [0.15, 0.2) is 11.5 Å². The van der Waals surface area contributed by atoms with Crippen molar-refractivity contribution < 1.29 is 19.1 Å². The lowest BCUT2D eigenvalue weighted by Crippen LogP contribution is -2.43. The number of carbonyl (C=O) groups excluding carboxylic acids is 2. The Balaban J connectivity index is 1.42. The zero-order valence-electron chi connectivity index (χ0n) is 15.4. The van der Waals surface area contributed by atoms with E-state index in [1.165, 1.54) is 0 Å². The fourth-order valence-corrected chi connectivity index (χ4v) is 3.26. The van der Waals surface area contributed by atoms with Gasteiger partial charge in [-0.2, -0.15) is 0 Å². The molecule has 0 aliphatic carbocycles. The summed E-state index contributed by atoms with van der Waals surface area (Å²) in [5.74, 6) is 1.12. The minimum atomic E-state index is -0.279. The van der Waals surface area contributed by atoms with E-state index in [1.54, 1.807) is 4.90 Å². The number of carbonyl (C=O) groups is 2. The second-order valence-corrected chi connectivity index (χ2v) is 7.14. The molecule has 2 aliphatic rings. The number of nitrogens with one attached hydrogen (secondary N) is 1. The molecule has 1 saturated heterocycles. The molecule has 2 amide bonds. The fraction of sp³-hybridized carbons (Fsp3) is 0.579. The van der Waals surface area contributed by atoms with E-state index in [1.807, 2.05) is 38.4 Å². The molecule has 2 atom stereocenters. The van der Waals surface area contributed by atoms with Crippen LogP contribution in [0.25, 0.3) is 0 Å². The summed E-state index contributed by atoms with van der Waals surface area (Å²) >= 11 is 0. The van der Waals surface area contributed by atoms with E-state index in [2.05, 4.69) is 10.2 Å². The first kappa shape index (κ1) is 18.5. The highest BCUT2D eigenvalue weighted by Gasteiger charge is 2.34. The second kappa shape index (κ2) is 8.40. The first-order valence-electron chi connectivity index (χ1n) is 9.11. The standard InChI is InChI=1S/C19H27N3O4/c1-21(2)8-5-9-22-12-14(10-18(22)23)19(24)20-11-15-13-25-16-6-3-4-7-17(16)26-15/h3-4,6-7,14-15H,5,8-13H2,1-2H3,(H,20,24). The Labute approximate surface area is 154 Å². The van der Waals surface area contributed by atoms with Crippen molar-refractivity contribution in [3.8, 4) is 11.5 Å². The van der Waals surface area contributed by atoms with Gasteiger partial charge in [-0.15, -0.1) is 0 Å². The van der Waals surface area contributed by atoms with Crippen molar-refractivity contribution in [2.75, 3.05) is 46.9 Å². The van der Waals surface area contributed by atoms with E-state index in [-0.39, 0.29) is 23.8 Å². The third-order valence-corrected chi connectivity index (χ3v) is 4.69. The molecule has 26 heavy (non-hydrogen) atoms. The van der Waals surface area contributed by atoms with E-state index < -0.39 is 0 Å². The normalized spacial score (nSPS) is 22.0. The predicted molar refractivity (Wildman–Crippen MR) is 97.2 cm³/mol. The van der Waals surface area contributed by atoms with Crippen LogP contribution in [0.1, 0.15) is 12.8 Å². The summed E-state index contributed by atoms with van der Waals surface area (Å²) in [4.78, 5) is 28.4. The summed E-state index contributed by atoms with van der Waals surface area (Å²) in [7, 11) is 4.02. The van der Waals surface area contributed by atoms with Crippen LogP contribution in [0.2, 0.25) is 0 Å². The molecule has 0 bridgehead atoms. The van der Waals surface area contributed by atoms with Crippen molar-refractivity contribution in [2.45, 2.75) is 18.9 Å². The first-order valence-corrected chi connectivity index (χ1v) is 9.11. The molecule has 2 aliphatic heterocycles. The molecule has 1 aromatic carbocycles. The highest BCUT2D eigenvalue weighted by molar-refractivity contribution is 5.89. The Kier molecular flexibility index (Phi) is 5.98. The van der Waals surface area contributed by atoms with E-state index in [4.69, 9.17) is 9.47 Å². The van der Waals surface area contributed by atoms with E-state index in [0.717, 1.165) is 18.7 Å². The molecule has 7 heteroatoms. The highest BCUT2D eigenvalue weighted by Crippen LogP contribution is 2.30. The van der Waals surface area contributed by atoms with Crippen LogP contribution in [0.15, 0.2) is 24.3 Å². The van der Waals surface area contributed by atoms with Gasteiger partial charge in [0.05, 0.1) is 12.5 Å². The number of benzene rings is 1. The van der Waals surface area contributed by atoms with Crippen molar-refractivity contribution in [3.63, 3.8) is 0 Å². The van der Waals surface area contributed by atoms with Crippen LogP contribution in [0, 0.1) is 5.92 Å². The molecule has 1 N–H and O–H groups in total. The van der Waals surface area contributed by atoms with Crippen LogP contribution in [0.3, 0.4) is 0 Å². The molecule has 2 unspecified atom stereocenters. The third kappa shape index (κ3) is 4.66. The van der Waals surface area contributed by atoms with Gasteiger partial charge in [-0.3, -0.25) is 9.59 Å². The van der Waals surface area contributed by atoms with Crippen molar-refractivity contribution in [3.05, 3.63) is 24.3 Å². The maximum absolute atomic E-state index is 12.4. The maximum Gasteiger partial charge on any atom is 0.225 e. The number of amides is 2. The molecule has 7 nitrogen and oxygen atoms in total. The number of ether oxygens (including phenoxy) is 2. The zero-order valence-corrected chi connectivity index (χ0v) is 15.4. The van der Waals surface area contributed by atoms with Gasteiger partial charge in [-0.05, 0) is 39.2 Å². The Hall–Kier alpha value is -2.28. The lowest BCUT2D eigenvalue weighted by Gasteiger charge is -2.26. The van der Waals surface area contributed by atoms with E-state index >= 15 is 0 Å². The molecule has 0 saturated carbocycles. The summed E-state index contributed by atoms with van der Waals surface area (Å²) < 4.78 is 11.5. The lowest BCUT2D eigenvalue weighted by atomic mass is 10.1. The topological polar surface area (TPSA) is 71.1 Å². The quantitative estimate of drug-likeness (QED) is 0.776. The van der Waals surface area contributed by atoms with Gasteiger partial charge in [0, 0.05) is 19.5 Å². The highest BCUT2D eigenvalue weighted by atomic mass is 16.6. The van der Waals surface area contributed by atoms with Crippen molar-refractivity contribution in [1.29, 1.82) is 0 Å². The lowest BCUT2D eigenvalue weighted by molar-refractivity contribution is -0.129. The fourth-order valence-electron chi connectivity index (χ4n) is 3.26. The van der Waals surface area contributed by atoms with Crippen molar-refractivity contribution >= 4 is 11.8 Å². The van der Waals surface area contributed by atoms with Crippen molar-refractivity contribution in [2.24, 2.45) is 5.92 Å². The predicted octanol–water partition coefficient (Wildman–Crippen LogP) is 0.743. The van der Waals surface area contributed by atoms with E-state index in [0.29, 0.717) is 38.4 Å². The number of hydrogen-bond acceptors (Lipinski definition) is 5. The van der Waals surface area contributed by atoms with Gasteiger partial charge in [-0.25, -0.2) is 0 Å². The van der Waals surface area contributed by atoms with Gasteiger partial charge in [0.2, 0.25) is 11.8 Å². The Morgan fingerprint density at radius 1 is 1.31 bits per heavy atom. The van der Waals surface area contributed by atoms with Gasteiger partial charge >= 0.3 is 0 Å². The molecule has 0 spiro atoms. The zero-order chi connectivity index (χ0) is 18.5. The number of para-hydroxylation sites is 2. The summed E-state index contributed by atoms with van der Waals surface area (Å²) in [5.41, 5.74) is 0. The number of rotatable bonds is 7. The average Bonchev–Trinajstić information content (AvgIpc) is 3.00. The molecule has 142 valence electrons. The van der Waals surface area contributed by atoms with Crippen LogP contribution in [0.5, 0.6) is 11.5 Å². The van der Waals surface area contributed by atoms with Gasteiger partial charge in [-0.1, -0.05) is 12.1 Å². The van der Waals surface area contributed by atoms with Gasteiger partial charge in [0.1, 0.15) is 12.7 Å². The molecular formula is C19H27N3O4. The molecule has 2 heterocycles. The number of likely N-dealkylation sites (tertiary alicyclic amines) is 1. The molecule has 0 radical (unpaired) electrons. The van der Waals surface area contributed by atoms with Crippen LogP contribution in [-0.4, -0.2) is 74.6 Å².